The van der Waals surface area contributed by atoms with Gasteiger partial charge in [0.2, 0.25) is 0 Å². The molecule has 0 aliphatic carbocycles. The molecule has 2 aromatic rings. The maximum Gasteiger partial charge on any atom is 0.252 e. The zero-order valence-corrected chi connectivity index (χ0v) is 15.6. The van der Waals surface area contributed by atoms with Gasteiger partial charge in [0, 0.05) is 35.7 Å². The second-order valence-corrected chi connectivity index (χ2v) is 7.19. The van der Waals surface area contributed by atoms with Crippen molar-refractivity contribution in [2.75, 3.05) is 13.7 Å². The Labute approximate surface area is 165 Å². The highest BCUT2D eigenvalue weighted by molar-refractivity contribution is 5.94. The van der Waals surface area contributed by atoms with E-state index in [9.17, 15) is 18.0 Å². The number of hydrazine groups is 1. The number of halogens is 3. The minimum Gasteiger partial charge on any atom is -0.496 e. The summed E-state index contributed by atoms with van der Waals surface area (Å²) in [4.78, 5) is 12.5. The van der Waals surface area contributed by atoms with Crippen molar-refractivity contribution in [2.24, 2.45) is 5.92 Å². The lowest BCUT2D eigenvalue weighted by molar-refractivity contribution is 0.0913. The Kier molecular flexibility index (Phi) is 5.44. The minimum absolute atomic E-state index is 0.0132. The van der Waals surface area contributed by atoms with Crippen LogP contribution in [-0.4, -0.2) is 31.8 Å². The van der Waals surface area contributed by atoms with Crippen molar-refractivity contribution in [3.8, 4) is 5.75 Å². The van der Waals surface area contributed by atoms with Crippen LogP contribution < -0.4 is 26.2 Å². The highest BCUT2D eigenvalue weighted by atomic mass is 19.2. The number of benzene rings is 2. The van der Waals surface area contributed by atoms with Crippen LogP contribution >= 0.6 is 0 Å². The predicted molar refractivity (Wildman–Crippen MR) is 99.5 cm³/mol. The third-order valence-corrected chi connectivity index (χ3v) is 5.51. The van der Waals surface area contributed by atoms with Crippen molar-refractivity contribution >= 4 is 5.91 Å². The van der Waals surface area contributed by atoms with Crippen molar-refractivity contribution < 1.29 is 22.7 Å². The molecule has 4 N–H and O–H groups in total. The van der Waals surface area contributed by atoms with E-state index in [0.29, 0.717) is 24.3 Å². The van der Waals surface area contributed by atoms with Crippen molar-refractivity contribution in [2.45, 2.75) is 24.7 Å². The van der Waals surface area contributed by atoms with Gasteiger partial charge in [0.15, 0.2) is 11.6 Å². The van der Waals surface area contributed by atoms with Crippen LogP contribution in [-0.2, 0) is 0 Å². The summed E-state index contributed by atoms with van der Waals surface area (Å²) in [6, 6.07) is 7.41. The third-order valence-electron chi connectivity index (χ3n) is 5.51. The lowest BCUT2D eigenvalue weighted by Crippen LogP contribution is -2.49. The van der Waals surface area contributed by atoms with Gasteiger partial charge in [-0.25, -0.2) is 18.6 Å². The Balaban J connectivity index is 1.50. The average molecular weight is 406 g/mol. The summed E-state index contributed by atoms with van der Waals surface area (Å²) >= 11 is 0. The summed E-state index contributed by atoms with van der Waals surface area (Å²) in [5, 5.41) is 6.12. The summed E-state index contributed by atoms with van der Waals surface area (Å²) in [6.45, 7) is 0.553. The first-order chi connectivity index (χ1) is 14.0. The first-order valence-electron chi connectivity index (χ1n) is 9.30. The molecule has 0 saturated carbocycles. The first-order valence-corrected chi connectivity index (χ1v) is 9.30. The summed E-state index contributed by atoms with van der Waals surface area (Å²) in [7, 11) is 1.49. The molecule has 2 aliphatic heterocycles. The lowest BCUT2D eigenvalue weighted by atomic mass is 9.84. The van der Waals surface area contributed by atoms with Gasteiger partial charge in [0.25, 0.3) is 5.91 Å². The number of piperidine rings is 1. The van der Waals surface area contributed by atoms with Gasteiger partial charge in [-0.1, -0.05) is 6.07 Å². The monoisotopic (exact) mass is 406 g/mol. The van der Waals surface area contributed by atoms with Gasteiger partial charge in [-0.3, -0.25) is 10.2 Å². The highest BCUT2D eigenvalue weighted by Gasteiger charge is 2.42. The number of amides is 1. The van der Waals surface area contributed by atoms with Crippen LogP contribution in [0.25, 0.3) is 0 Å². The predicted octanol–water partition coefficient (Wildman–Crippen LogP) is 2.00. The smallest absolute Gasteiger partial charge is 0.252 e. The number of ether oxygens (including phenoxy) is 1. The fourth-order valence-electron chi connectivity index (χ4n) is 4.03. The molecule has 9 heteroatoms. The normalized spacial score (nSPS) is 26.1. The molecular formula is C20H21F3N4O2. The van der Waals surface area contributed by atoms with E-state index in [1.807, 2.05) is 0 Å². The molecule has 2 fully saturated rings. The van der Waals surface area contributed by atoms with E-state index in [1.54, 1.807) is 12.1 Å². The molecule has 2 heterocycles. The quantitative estimate of drug-likeness (QED) is 0.625. The van der Waals surface area contributed by atoms with Gasteiger partial charge in [0.05, 0.1) is 13.3 Å². The van der Waals surface area contributed by atoms with E-state index in [4.69, 9.17) is 4.74 Å². The fourth-order valence-corrected chi connectivity index (χ4v) is 4.03. The van der Waals surface area contributed by atoms with Crippen molar-refractivity contribution in [3.05, 3.63) is 65.0 Å². The molecule has 2 aliphatic rings. The molecule has 2 aromatic carbocycles. The number of carbonyl (C=O) groups excluding carboxylic acids is 1. The SMILES string of the molecule is COc1cccc(F)c1C1CC2C(CN1)NNC2NC(=O)c1ccc(F)c(F)c1. The van der Waals surface area contributed by atoms with Crippen LogP contribution in [0, 0.1) is 23.4 Å². The molecule has 29 heavy (non-hydrogen) atoms. The Morgan fingerprint density at radius 1 is 1.10 bits per heavy atom. The zero-order valence-electron chi connectivity index (χ0n) is 15.6. The molecule has 154 valence electrons. The molecule has 0 spiro atoms. The molecular weight excluding hydrogens is 385 g/mol. The summed E-state index contributed by atoms with van der Waals surface area (Å²) in [5.74, 6) is -2.57. The number of carbonyl (C=O) groups is 1. The van der Waals surface area contributed by atoms with Gasteiger partial charge < -0.3 is 15.4 Å². The van der Waals surface area contributed by atoms with Gasteiger partial charge in [-0.05, 0) is 36.8 Å². The first kappa shape index (κ1) is 19.7. The van der Waals surface area contributed by atoms with Crippen LogP contribution in [0.4, 0.5) is 13.2 Å². The number of hydrogen-bond donors (Lipinski definition) is 4. The van der Waals surface area contributed by atoms with E-state index in [2.05, 4.69) is 21.5 Å². The lowest BCUT2D eigenvalue weighted by Gasteiger charge is -2.35. The second kappa shape index (κ2) is 8.02. The number of methoxy groups -OCH3 is 1. The minimum atomic E-state index is -1.08. The topological polar surface area (TPSA) is 74.4 Å². The van der Waals surface area contributed by atoms with Gasteiger partial charge in [0.1, 0.15) is 11.6 Å². The maximum absolute atomic E-state index is 14.5. The summed E-state index contributed by atoms with van der Waals surface area (Å²) in [6.07, 6.45) is 0.0769. The van der Waals surface area contributed by atoms with E-state index in [-0.39, 0.29) is 29.4 Å². The van der Waals surface area contributed by atoms with Crippen LogP contribution in [0.1, 0.15) is 28.4 Å². The summed E-state index contributed by atoms with van der Waals surface area (Å²) < 4.78 is 46.3. The largest absolute Gasteiger partial charge is 0.496 e. The number of fused-ring (bicyclic) bond motifs is 1. The van der Waals surface area contributed by atoms with E-state index >= 15 is 0 Å². The zero-order chi connectivity index (χ0) is 20.5. The maximum atomic E-state index is 14.5. The average Bonchev–Trinajstić information content (AvgIpc) is 3.11. The van der Waals surface area contributed by atoms with Crippen molar-refractivity contribution in [1.82, 2.24) is 21.5 Å². The Morgan fingerprint density at radius 2 is 1.93 bits per heavy atom. The Bertz CT molecular complexity index is 927. The standard InChI is InChI=1S/C20H21F3N4O2/c1-29-17-4-2-3-13(22)18(17)15-8-11-16(9-24-15)26-27-19(11)25-20(28)10-5-6-12(21)14(23)7-10/h2-7,11,15-16,19,24,26-27H,8-9H2,1H3,(H,25,28). The van der Waals surface area contributed by atoms with Crippen molar-refractivity contribution in [3.63, 3.8) is 0 Å². The van der Waals surface area contributed by atoms with Crippen LogP contribution in [0.3, 0.4) is 0 Å². The molecule has 2 saturated heterocycles. The second-order valence-electron chi connectivity index (χ2n) is 7.19. The van der Waals surface area contributed by atoms with Gasteiger partial charge in [-0.15, -0.1) is 0 Å². The van der Waals surface area contributed by atoms with Crippen molar-refractivity contribution in [1.29, 1.82) is 0 Å². The van der Waals surface area contributed by atoms with Gasteiger partial charge in [-0.2, -0.15) is 0 Å². The molecule has 4 atom stereocenters. The van der Waals surface area contributed by atoms with Crippen LogP contribution in [0.5, 0.6) is 5.75 Å². The molecule has 0 aromatic heterocycles. The van der Waals surface area contributed by atoms with Crippen LogP contribution in [0.2, 0.25) is 0 Å². The summed E-state index contributed by atoms with van der Waals surface area (Å²) in [5.41, 5.74) is 6.61. The highest BCUT2D eigenvalue weighted by Crippen LogP contribution is 2.36. The van der Waals surface area contributed by atoms with E-state index in [0.717, 1.165) is 12.1 Å². The number of rotatable bonds is 4. The Morgan fingerprint density at radius 3 is 2.69 bits per heavy atom. The Hall–Kier alpha value is -2.62. The molecule has 4 rings (SSSR count). The molecule has 0 radical (unpaired) electrons. The number of hydrogen-bond acceptors (Lipinski definition) is 5. The molecule has 1 amide bonds. The van der Waals surface area contributed by atoms with Gasteiger partial charge >= 0.3 is 0 Å². The van der Waals surface area contributed by atoms with E-state index < -0.39 is 23.7 Å². The molecule has 4 unspecified atom stereocenters. The fraction of sp³-hybridized carbons (Fsp3) is 0.350. The van der Waals surface area contributed by atoms with E-state index in [1.165, 1.54) is 19.2 Å². The van der Waals surface area contributed by atoms with Crippen LogP contribution in [0.15, 0.2) is 36.4 Å². The number of nitrogens with one attached hydrogen (secondary N) is 4. The molecule has 0 bridgehead atoms. The third kappa shape index (κ3) is 3.81. The molecule has 6 nitrogen and oxygen atoms in total.